The number of carbonyl (C=O) groups is 1. The Bertz CT molecular complexity index is 1390. The Morgan fingerprint density at radius 2 is 1.86 bits per heavy atom. The van der Waals surface area contributed by atoms with Crippen molar-refractivity contribution in [1.29, 1.82) is 0 Å². The second-order valence-corrected chi connectivity index (χ2v) is 11.1. The van der Waals surface area contributed by atoms with Crippen LogP contribution < -0.4 is 0 Å². The van der Waals surface area contributed by atoms with Crippen molar-refractivity contribution in [2.75, 3.05) is 33.7 Å². The number of likely N-dealkylation sites (N-methyl/N-ethyl adjacent to an activating group) is 1. The number of rotatable bonds is 6. The molecule has 1 aliphatic heterocycles. The molecule has 1 saturated heterocycles. The highest BCUT2D eigenvalue weighted by atomic mass is 16.2. The Morgan fingerprint density at radius 3 is 2.53 bits per heavy atom. The van der Waals surface area contributed by atoms with E-state index in [1.54, 1.807) is 11.2 Å². The predicted molar refractivity (Wildman–Crippen MR) is 146 cm³/mol. The second-order valence-electron chi connectivity index (χ2n) is 11.1. The molecule has 0 aliphatic carbocycles. The number of likely N-dealkylation sites (tertiary alicyclic amines) is 1. The van der Waals surface area contributed by atoms with Gasteiger partial charge in [0.15, 0.2) is 5.65 Å². The van der Waals surface area contributed by atoms with Crippen LogP contribution >= 0.6 is 0 Å². The van der Waals surface area contributed by atoms with Gasteiger partial charge in [-0.05, 0) is 73.0 Å². The van der Waals surface area contributed by atoms with E-state index in [9.17, 15) is 4.79 Å². The highest BCUT2D eigenvalue weighted by Gasteiger charge is 2.24. The zero-order valence-electron chi connectivity index (χ0n) is 22.4. The van der Waals surface area contributed by atoms with Gasteiger partial charge < -0.3 is 9.88 Å². The van der Waals surface area contributed by atoms with Crippen LogP contribution in [0.25, 0.3) is 27.8 Å². The largest absolute Gasteiger partial charge is 0.354 e. The van der Waals surface area contributed by atoms with E-state index < -0.39 is 0 Å². The summed E-state index contributed by atoms with van der Waals surface area (Å²) in [6, 6.07) is 9.22. The van der Waals surface area contributed by atoms with Crippen LogP contribution in [-0.2, 0) is 4.79 Å². The average Bonchev–Trinajstić information content (AvgIpc) is 3.47. The van der Waals surface area contributed by atoms with Crippen LogP contribution in [0.15, 0.2) is 36.8 Å². The van der Waals surface area contributed by atoms with Gasteiger partial charge in [0.05, 0.1) is 12.2 Å². The molecule has 5 rings (SSSR count). The molecule has 7 nitrogen and oxygen atoms in total. The number of H-pyrrole nitrogens is 1. The molecule has 0 unspecified atom stereocenters. The number of carbonyl (C=O) groups excluding carboxylic acids is 1. The quantitative estimate of drug-likeness (QED) is 0.397. The predicted octanol–water partition coefficient (Wildman–Crippen LogP) is 5.39. The first kappa shape index (κ1) is 24.5. The highest BCUT2D eigenvalue weighted by molar-refractivity contribution is 5.92. The number of aromatic nitrogens is 4. The lowest BCUT2D eigenvalue weighted by Crippen LogP contribution is -2.40. The zero-order chi connectivity index (χ0) is 25.6. The maximum absolute atomic E-state index is 12.1. The van der Waals surface area contributed by atoms with Gasteiger partial charge in [0, 0.05) is 42.3 Å². The minimum atomic E-state index is 0.181. The molecule has 4 aromatic rings. The van der Waals surface area contributed by atoms with E-state index in [0.29, 0.717) is 24.3 Å². The van der Waals surface area contributed by atoms with E-state index in [2.05, 4.69) is 78.1 Å². The van der Waals surface area contributed by atoms with Gasteiger partial charge in [-0.2, -0.15) is 5.10 Å². The lowest BCUT2D eigenvalue weighted by atomic mass is 9.87. The molecule has 190 valence electrons. The third kappa shape index (κ3) is 4.52. The fourth-order valence-corrected chi connectivity index (χ4v) is 5.58. The molecule has 3 aromatic heterocycles. The molecule has 7 heteroatoms. The van der Waals surface area contributed by atoms with Gasteiger partial charge in [0.25, 0.3) is 0 Å². The van der Waals surface area contributed by atoms with E-state index in [1.807, 2.05) is 18.6 Å². The number of amides is 1. The molecular formula is C29H38N6O. The number of hydrogen-bond acceptors (Lipinski definition) is 4. The third-order valence-corrected chi connectivity index (χ3v) is 7.67. The SMILES string of the molecule is CC(C)c1c(-c2cc(C(C)C)c3ncnn3c2)[nH]c2ccc(C3CCN(CC(=O)N(C)C)CC3)cc12. The van der Waals surface area contributed by atoms with Crippen molar-refractivity contribution in [2.24, 2.45) is 0 Å². The van der Waals surface area contributed by atoms with Gasteiger partial charge in [0.2, 0.25) is 5.91 Å². The summed E-state index contributed by atoms with van der Waals surface area (Å²) in [6.45, 7) is 11.4. The fourth-order valence-electron chi connectivity index (χ4n) is 5.58. The summed E-state index contributed by atoms with van der Waals surface area (Å²) in [5.41, 5.74) is 8.40. The maximum Gasteiger partial charge on any atom is 0.236 e. The van der Waals surface area contributed by atoms with Gasteiger partial charge in [0.1, 0.15) is 6.33 Å². The minimum Gasteiger partial charge on any atom is -0.354 e. The van der Waals surface area contributed by atoms with E-state index in [-0.39, 0.29) is 5.91 Å². The molecule has 0 saturated carbocycles. The normalized spacial score (nSPS) is 15.6. The number of hydrogen-bond donors (Lipinski definition) is 1. The number of nitrogens with zero attached hydrogens (tertiary/aromatic N) is 5. The Kier molecular flexibility index (Phi) is 6.60. The molecule has 1 amide bonds. The minimum absolute atomic E-state index is 0.181. The van der Waals surface area contributed by atoms with Crippen molar-refractivity contribution >= 4 is 22.5 Å². The van der Waals surface area contributed by atoms with E-state index in [0.717, 1.165) is 37.1 Å². The number of nitrogens with one attached hydrogen (secondary N) is 1. The Hall–Kier alpha value is -3.19. The number of aromatic amines is 1. The number of fused-ring (bicyclic) bond motifs is 2. The Balaban J connectivity index is 1.48. The fraction of sp³-hybridized carbons (Fsp3) is 0.483. The van der Waals surface area contributed by atoms with Crippen molar-refractivity contribution in [3.63, 3.8) is 0 Å². The van der Waals surface area contributed by atoms with Gasteiger partial charge in [-0.25, -0.2) is 9.50 Å². The summed E-state index contributed by atoms with van der Waals surface area (Å²) >= 11 is 0. The summed E-state index contributed by atoms with van der Waals surface area (Å²) < 4.78 is 1.90. The summed E-state index contributed by atoms with van der Waals surface area (Å²) in [5, 5.41) is 5.76. The zero-order valence-corrected chi connectivity index (χ0v) is 22.4. The van der Waals surface area contributed by atoms with Crippen LogP contribution in [0.4, 0.5) is 0 Å². The van der Waals surface area contributed by atoms with Crippen molar-refractivity contribution in [3.8, 4) is 11.3 Å². The van der Waals surface area contributed by atoms with E-state index >= 15 is 0 Å². The molecular weight excluding hydrogens is 448 g/mol. The van der Waals surface area contributed by atoms with Gasteiger partial charge in [-0.1, -0.05) is 33.8 Å². The first-order valence-corrected chi connectivity index (χ1v) is 13.1. The topological polar surface area (TPSA) is 69.5 Å². The molecule has 4 heterocycles. The molecule has 1 aromatic carbocycles. The monoisotopic (exact) mass is 486 g/mol. The molecule has 0 radical (unpaired) electrons. The van der Waals surface area contributed by atoms with Crippen molar-refractivity contribution in [1.82, 2.24) is 29.4 Å². The smallest absolute Gasteiger partial charge is 0.236 e. The summed E-state index contributed by atoms with van der Waals surface area (Å²) in [5.74, 6) is 1.43. The first-order valence-electron chi connectivity index (χ1n) is 13.1. The van der Waals surface area contributed by atoms with Gasteiger partial charge >= 0.3 is 0 Å². The molecule has 36 heavy (non-hydrogen) atoms. The third-order valence-electron chi connectivity index (χ3n) is 7.67. The van der Waals surface area contributed by atoms with Crippen molar-refractivity contribution in [2.45, 2.75) is 58.3 Å². The standard InChI is InChI=1S/C29H38N6O/c1-18(2)23-14-22(15-35-29(23)30-17-31-35)28-27(19(3)4)24-13-21(7-8-25(24)32-28)20-9-11-34(12-10-20)16-26(36)33(5)6/h7-8,13-15,17-20,32H,9-12,16H2,1-6H3. The van der Waals surface area contributed by atoms with Crippen molar-refractivity contribution < 1.29 is 4.79 Å². The number of benzene rings is 1. The maximum atomic E-state index is 12.1. The Labute approximate surface area is 213 Å². The second kappa shape index (κ2) is 9.69. The average molecular weight is 487 g/mol. The van der Waals surface area contributed by atoms with Gasteiger partial charge in [-0.3, -0.25) is 9.69 Å². The Morgan fingerprint density at radius 1 is 1.11 bits per heavy atom. The summed E-state index contributed by atoms with van der Waals surface area (Å²) in [7, 11) is 3.66. The van der Waals surface area contributed by atoms with E-state index in [1.165, 1.54) is 33.3 Å². The molecule has 0 atom stereocenters. The van der Waals surface area contributed by atoms with Crippen LogP contribution in [0.1, 0.15) is 75.0 Å². The lowest BCUT2D eigenvalue weighted by molar-refractivity contribution is -0.130. The van der Waals surface area contributed by atoms with Gasteiger partial charge in [-0.15, -0.1) is 0 Å². The molecule has 0 bridgehead atoms. The summed E-state index contributed by atoms with van der Waals surface area (Å²) in [4.78, 5) is 24.3. The van der Waals surface area contributed by atoms with Crippen LogP contribution in [0.5, 0.6) is 0 Å². The highest BCUT2D eigenvalue weighted by Crippen LogP contribution is 2.39. The molecule has 1 aliphatic rings. The van der Waals surface area contributed by atoms with Crippen LogP contribution in [0, 0.1) is 0 Å². The molecule has 1 N–H and O–H groups in total. The summed E-state index contributed by atoms with van der Waals surface area (Å²) in [6.07, 6.45) is 5.90. The molecule has 1 fully saturated rings. The first-order chi connectivity index (χ1) is 17.2. The van der Waals surface area contributed by atoms with Crippen LogP contribution in [-0.4, -0.2) is 69.0 Å². The lowest BCUT2D eigenvalue weighted by Gasteiger charge is -2.32. The van der Waals surface area contributed by atoms with Crippen molar-refractivity contribution in [3.05, 3.63) is 53.5 Å². The number of pyridine rings is 1. The molecule has 0 spiro atoms. The number of piperidine rings is 1. The van der Waals surface area contributed by atoms with Crippen LogP contribution in [0.2, 0.25) is 0 Å². The van der Waals surface area contributed by atoms with E-state index in [4.69, 9.17) is 0 Å². The van der Waals surface area contributed by atoms with Crippen LogP contribution in [0.3, 0.4) is 0 Å².